The molecule has 0 spiro atoms. The third-order valence-corrected chi connectivity index (χ3v) is 3.01. The van der Waals surface area contributed by atoms with Crippen molar-refractivity contribution in [2.75, 3.05) is 26.8 Å². The van der Waals surface area contributed by atoms with E-state index in [1.54, 1.807) is 25.1 Å². The van der Waals surface area contributed by atoms with E-state index in [0.29, 0.717) is 12.3 Å². The largest absolute Gasteiger partial charge is 0.496 e. The van der Waals surface area contributed by atoms with Crippen LogP contribution in [0, 0.1) is 5.82 Å². The summed E-state index contributed by atoms with van der Waals surface area (Å²) in [5.41, 5.74) is 0.288. The topological polar surface area (TPSA) is 61.8 Å². The van der Waals surface area contributed by atoms with Gasteiger partial charge in [0.15, 0.2) is 0 Å². The molecule has 5 nitrogen and oxygen atoms in total. The van der Waals surface area contributed by atoms with Crippen molar-refractivity contribution in [1.29, 1.82) is 0 Å². The first-order valence-corrected chi connectivity index (χ1v) is 6.64. The average molecular weight is 296 g/mol. The zero-order valence-electron chi connectivity index (χ0n) is 12.3. The average Bonchev–Trinajstić information content (AvgIpc) is 2.46. The number of nitrogens with zero attached hydrogens (tertiary/aromatic N) is 1. The van der Waals surface area contributed by atoms with Gasteiger partial charge in [0.25, 0.3) is 0 Å². The fourth-order valence-corrected chi connectivity index (χ4v) is 2.02. The first-order chi connectivity index (χ1) is 10.0. The molecule has 6 heteroatoms. The standard InChI is InChI=1S/C15H21FN2O3/c1-4-8-18(9-10-19)15(20)17-11(2)14-12(16)6-5-7-13(14)21-3/h4-7,11,19H,1,8-10H2,2-3H3,(H,17,20). The van der Waals surface area contributed by atoms with Gasteiger partial charge >= 0.3 is 6.03 Å². The molecule has 0 bridgehead atoms. The van der Waals surface area contributed by atoms with Crippen molar-refractivity contribution in [2.45, 2.75) is 13.0 Å². The van der Waals surface area contributed by atoms with Crippen molar-refractivity contribution in [3.8, 4) is 5.75 Å². The molecular formula is C15H21FN2O3. The third-order valence-electron chi connectivity index (χ3n) is 3.01. The smallest absolute Gasteiger partial charge is 0.318 e. The van der Waals surface area contributed by atoms with Crippen LogP contribution in [-0.4, -0.2) is 42.8 Å². The van der Waals surface area contributed by atoms with Gasteiger partial charge in [0.05, 0.1) is 25.3 Å². The first kappa shape index (κ1) is 17.0. The molecule has 2 N–H and O–H groups in total. The Balaban J connectivity index is 2.87. The molecule has 1 unspecified atom stereocenters. The van der Waals surface area contributed by atoms with E-state index in [2.05, 4.69) is 11.9 Å². The fraction of sp³-hybridized carbons (Fsp3) is 0.400. The molecule has 0 radical (unpaired) electrons. The van der Waals surface area contributed by atoms with Crippen LogP contribution in [0.5, 0.6) is 5.75 Å². The second-order valence-corrected chi connectivity index (χ2v) is 4.49. The van der Waals surface area contributed by atoms with Crippen molar-refractivity contribution in [2.24, 2.45) is 0 Å². The van der Waals surface area contributed by atoms with Gasteiger partial charge in [-0.1, -0.05) is 12.1 Å². The van der Waals surface area contributed by atoms with Crippen molar-refractivity contribution in [3.05, 3.63) is 42.2 Å². The number of hydrogen-bond donors (Lipinski definition) is 2. The number of hydrogen-bond acceptors (Lipinski definition) is 3. The number of carbonyl (C=O) groups excluding carboxylic acids is 1. The summed E-state index contributed by atoms with van der Waals surface area (Å²) in [6.45, 7) is 5.56. The number of methoxy groups -OCH3 is 1. The summed E-state index contributed by atoms with van der Waals surface area (Å²) in [6, 6.07) is 3.52. The number of halogens is 1. The van der Waals surface area contributed by atoms with E-state index >= 15 is 0 Å². The van der Waals surface area contributed by atoms with Crippen molar-refractivity contribution in [3.63, 3.8) is 0 Å². The molecule has 0 fully saturated rings. The molecule has 2 amide bonds. The number of benzene rings is 1. The van der Waals surface area contributed by atoms with Crippen LogP contribution in [0.1, 0.15) is 18.5 Å². The van der Waals surface area contributed by atoms with Gasteiger partial charge in [0.1, 0.15) is 11.6 Å². The maximum Gasteiger partial charge on any atom is 0.318 e. The molecule has 1 aromatic rings. The highest BCUT2D eigenvalue weighted by atomic mass is 19.1. The van der Waals surface area contributed by atoms with Crippen LogP contribution < -0.4 is 10.1 Å². The van der Waals surface area contributed by atoms with E-state index in [-0.39, 0.29) is 18.7 Å². The number of amides is 2. The molecule has 0 aromatic heterocycles. The zero-order valence-corrected chi connectivity index (χ0v) is 12.3. The second kappa shape index (κ2) is 8.26. The molecule has 1 atom stereocenters. The lowest BCUT2D eigenvalue weighted by Crippen LogP contribution is -2.42. The Morgan fingerprint density at radius 3 is 2.90 bits per heavy atom. The van der Waals surface area contributed by atoms with Crippen molar-refractivity contribution >= 4 is 6.03 Å². The molecule has 1 aromatic carbocycles. The Morgan fingerprint density at radius 2 is 2.33 bits per heavy atom. The molecule has 0 aliphatic carbocycles. The fourth-order valence-electron chi connectivity index (χ4n) is 2.02. The number of rotatable bonds is 7. The summed E-state index contributed by atoms with van der Waals surface area (Å²) in [7, 11) is 1.45. The minimum absolute atomic E-state index is 0.154. The summed E-state index contributed by atoms with van der Waals surface area (Å²) >= 11 is 0. The number of aliphatic hydroxyl groups excluding tert-OH is 1. The number of aliphatic hydroxyl groups is 1. The van der Waals surface area contributed by atoms with Gasteiger partial charge in [0, 0.05) is 13.1 Å². The quantitative estimate of drug-likeness (QED) is 0.757. The lowest BCUT2D eigenvalue weighted by atomic mass is 10.1. The second-order valence-electron chi connectivity index (χ2n) is 4.49. The SMILES string of the molecule is C=CCN(CCO)C(=O)NC(C)c1c(F)cccc1OC. The number of urea groups is 1. The minimum atomic E-state index is -0.570. The number of carbonyl (C=O) groups is 1. The minimum Gasteiger partial charge on any atom is -0.496 e. The van der Waals surface area contributed by atoms with E-state index in [9.17, 15) is 9.18 Å². The van der Waals surface area contributed by atoms with Crippen LogP contribution in [0.4, 0.5) is 9.18 Å². The molecule has 0 saturated heterocycles. The molecule has 0 heterocycles. The van der Waals surface area contributed by atoms with E-state index in [1.165, 1.54) is 18.1 Å². The monoisotopic (exact) mass is 296 g/mol. The molecular weight excluding hydrogens is 275 g/mol. The summed E-state index contributed by atoms with van der Waals surface area (Å²) in [6.07, 6.45) is 1.56. The molecule has 0 saturated carbocycles. The third kappa shape index (κ3) is 4.46. The van der Waals surface area contributed by atoms with Crippen molar-refractivity contribution in [1.82, 2.24) is 10.2 Å². The van der Waals surface area contributed by atoms with Crippen LogP contribution in [0.3, 0.4) is 0 Å². The summed E-state index contributed by atoms with van der Waals surface area (Å²) < 4.78 is 19.1. The molecule has 0 aliphatic rings. The predicted octanol–water partition coefficient (Wildman–Crippen LogP) is 2.09. The van der Waals surface area contributed by atoms with Crippen molar-refractivity contribution < 1.29 is 19.0 Å². The van der Waals surface area contributed by atoms with Crippen LogP contribution in [0.25, 0.3) is 0 Å². The number of nitrogens with one attached hydrogen (secondary N) is 1. The lowest BCUT2D eigenvalue weighted by molar-refractivity contribution is 0.180. The van der Waals surface area contributed by atoms with E-state index < -0.39 is 17.9 Å². The van der Waals surface area contributed by atoms with Gasteiger partial charge in [-0.2, -0.15) is 0 Å². The Kier molecular flexibility index (Phi) is 6.68. The van der Waals surface area contributed by atoms with E-state index in [0.717, 1.165) is 0 Å². The Morgan fingerprint density at radius 1 is 1.62 bits per heavy atom. The highest BCUT2D eigenvalue weighted by Crippen LogP contribution is 2.27. The summed E-state index contributed by atoms with van der Waals surface area (Å²) in [5.74, 6) is -0.0696. The van der Waals surface area contributed by atoms with Crippen LogP contribution in [0.2, 0.25) is 0 Å². The summed E-state index contributed by atoms with van der Waals surface area (Å²) in [5, 5.41) is 11.6. The Bertz CT molecular complexity index is 494. The normalized spacial score (nSPS) is 11.6. The predicted molar refractivity (Wildman–Crippen MR) is 78.8 cm³/mol. The van der Waals surface area contributed by atoms with Crippen LogP contribution >= 0.6 is 0 Å². The Labute approximate surface area is 124 Å². The maximum absolute atomic E-state index is 13.9. The van der Waals surface area contributed by atoms with Gasteiger partial charge in [-0.25, -0.2) is 9.18 Å². The van der Waals surface area contributed by atoms with E-state index in [1.807, 2.05) is 0 Å². The van der Waals surface area contributed by atoms with Crippen LogP contribution in [-0.2, 0) is 0 Å². The molecule has 1 rings (SSSR count). The molecule has 21 heavy (non-hydrogen) atoms. The van der Waals surface area contributed by atoms with E-state index in [4.69, 9.17) is 9.84 Å². The highest BCUT2D eigenvalue weighted by molar-refractivity contribution is 5.75. The van der Waals surface area contributed by atoms with Gasteiger partial charge in [-0.15, -0.1) is 6.58 Å². The van der Waals surface area contributed by atoms with Gasteiger partial charge in [-0.3, -0.25) is 0 Å². The zero-order chi connectivity index (χ0) is 15.8. The molecule has 0 aliphatic heterocycles. The van der Waals surface area contributed by atoms with Gasteiger partial charge in [-0.05, 0) is 19.1 Å². The lowest BCUT2D eigenvalue weighted by Gasteiger charge is -2.24. The van der Waals surface area contributed by atoms with Gasteiger partial charge in [0.2, 0.25) is 0 Å². The first-order valence-electron chi connectivity index (χ1n) is 6.64. The molecule has 116 valence electrons. The number of ether oxygens (including phenoxy) is 1. The maximum atomic E-state index is 13.9. The summed E-state index contributed by atoms with van der Waals surface area (Å²) in [4.78, 5) is 13.5. The van der Waals surface area contributed by atoms with Gasteiger partial charge < -0.3 is 20.1 Å². The van der Waals surface area contributed by atoms with Crippen LogP contribution in [0.15, 0.2) is 30.9 Å². The highest BCUT2D eigenvalue weighted by Gasteiger charge is 2.20. The Hall–Kier alpha value is -2.08.